The van der Waals surface area contributed by atoms with Crippen molar-refractivity contribution in [3.05, 3.63) is 251 Å². The molecule has 0 N–H and O–H groups in total. The first-order valence-corrected chi connectivity index (χ1v) is 22.1. The van der Waals surface area contributed by atoms with Gasteiger partial charge in [0, 0.05) is 32.8 Å². The lowest BCUT2D eigenvalue weighted by molar-refractivity contribution is 0.536. The molecule has 6 nitrogen and oxygen atoms in total. The molecule has 0 spiro atoms. The molecule has 12 aromatic rings. The number of aromatic nitrogens is 4. The molecule has 15 rings (SSSR count). The van der Waals surface area contributed by atoms with Crippen LogP contribution in [0.4, 0.5) is 0 Å². The lowest BCUT2D eigenvalue weighted by atomic mass is 9.57. The second-order valence-corrected chi connectivity index (χ2v) is 17.2. The Morgan fingerprint density at radius 3 is 1.62 bits per heavy atom. The fraction of sp³-hybridized carbons (Fsp3) is 0.0508. The Morgan fingerprint density at radius 1 is 0.400 bits per heavy atom. The van der Waals surface area contributed by atoms with Crippen LogP contribution in [0.5, 0.6) is 0 Å². The number of fused-ring (bicyclic) bond motifs is 6. The van der Waals surface area contributed by atoms with Crippen molar-refractivity contribution in [2.45, 2.75) is 17.3 Å². The van der Waals surface area contributed by atoms with Crippen LogP contribution in [-0.2, 0) is 17.3 Å². The highest BCUT2D eigenvalue weighted by molar-refractivity contribution is 6.15. The van der Waals surface area contributed by atoms with Gasteiger partial charge in [-0.1, -0.05) is 182 Å². The molecular weight excluding hydrogens is 797 g/mol. The van der Waals surface area contributed by atoms with Crippen molar-refractivity contribution in [3.8, 4) is 33.8 Å². The van der Waals surface area contributed by atoms with Gasteiger partial charge in [0.25, 0.3) is 0 Å². The summed E-state index contributed by atoms with van der Waals surface area (Å²) >= 11 is 0. The van der Waals surface area contributed by atoms with Gasteiger partial charge in [0.05, 0.1) is 27.9 Å². The molecule has 0 fully saturated rings. The first-order chi connectivity index (χ1) is 32.2. The molecule has 0 aliphatic heterocycles. The second kappa shape index (κ2) is 13.5. The van der Waals surface area contributed by atoms with E-state index in [4.69, 9.17) is 28.8 Å². The molecule has 3 aliphatic rings. The van der Waals surface area contributed by atoms with E-state index in [0.717, 1.165) is 106 Å². The predicted molar refractivity (Wildman–Crippen MR) is 257 cm³/mol. The van der Waals surface area contributed by atoms with Crippen LogP contribution in [0.25, 0.3) is 77.8 Å². The van der Waals surface area contributed by atoms with E-state index in [1.165, 1.54) is 5.56 Å². The van der Waals surface area contributed by atoms with Gasteiger partial charge in [-0.3, -0.25) is 0 Å². The normalized spacial score (nSPS) is 17.3. The number of furan rings is 2. The predicted octanol–water partition coefficient (Wildman–Crippen LogP) is 13.7. The summed E-state index contributed by atoms with van der Waals surface area (Å²) in [5, 5.41) is 3.89. The van der Waals surface area contributed by atoms with Crippen molar-refractivity contribution in [2.75, 3.05) is 0 Å². The number of hydrogen-bond donors (Lipinski definition) is 0. The molecule has 2 bridgehead atoms. The van der Waals surface area contributed by atoms with Gasteiger partial charge in [0.2, 0.25) is 5.71 Å². The topological polar surface area (TPSA) is 77.8 Å². The van der Waals surface area contributed by atoms with Crippen LogP contribution in [-0.4, -0.2) is 19.9 Å². The van der Waals surface area contributed by atoms with Gasteiger partial charge in [-0.25, -0.2) is 15.0 Å². The van der Waals surface area contributed by atoms with E-state index >= 15 is 0 Å². The number of hydrogen-bond acceptors (Lipinski definition) is 6. The Bertz CT molecular complexity index is 3780. The minimum atomic E-state index is -0.979. The van der Waals surface area contributed by atoms with Crippen LogP contribution in [0.1, 0.15) is 45.0 Å². The molecule has 4 aromatic heterocycles. The van der Waals surface area contributed by atoms with Gasteiger partial charge < -0.3 is 8.83 Å². The monoisotopic (exact) mass is 832 g/mol. The van der Waals surface area contributed by atoms with Crippen LogP contribution in [0, 0.1) is 0 Å². The molecule has 6 heteroatoms. The molecule has 304 valence electrons. The van der Waals surface area contributed by atoms with Crippen LogP contribution in [0.15, 0.2) is 215 Å². The number of nitrogens with zero attached hydrogens (tertiary/aromatic N) is 4. The minimum absolute atomic E-state index is 0.522. The fourth-order valence-corrected chi connectivity index (χ4v) is 11.2. The molecule has 4 heterocycles. The van der Waals surface area contributed by atoms with Crippen molar-refractivity contribution >= 4 is 44.0 Å². The molecule has 0 saturated carbocycles. The van der Waals surface area contributed by atoms with Crippen LogP contribution in [0.3, 0.4) is 0 Å². The third kappa shape index (κ3) is 4.93. The Hall–Kier alpha value is -8.48. The van der Waals surface area contributed by atoms with Gasteiger partial charge in [-0.05, 0) is 64.1 Å². The molecule has 65 heavy (non-hydrogen) atoms. The summed E-state index contributed by atoms with van der Waals surface area (Å²) in [6, 6.07) is 72.3. The Morgan fingerprint density at radius 2 is 0.938 bits per heavy atom. The van der Waals surface area contributed by atoms with Gasteiger partial charge in [-0.2, -0.15) is 4.98 Å². The zero-order chi connectivity index (χ0) is 42.7. The van der Waals surface area contributed by atoms with Crippen molar-refractivity contribution in [3.63, 3.8) is 0 Å². The lowest BCUT2D eigenvalue weighted by Crippen LogP contribution is -2.44. The van der Waals surface area contributed by atoms with Crippen LogP contribution >= 0.6 is 0 Å². The average Bonchev–Trinajstić information content (AvgIpc) is 3.89. The Balaban J connectivity index is 1.12. The summed E-state index contributed by atoms with van der Waals surface area (Å²) in [6.07, 6.45) is 0.615. The fourth-order valence-electron chi connectivity index (χ4n) is 11.2. The maximum absolute atomic E-state index is 6.81. The third-order valence-electron chi connectivity index (χ3n) is 13.9. The first kappa shape index (κ1) is 36.0. The number of rotatable bonds is 5. The second-order valence-electron chi connectivity index (χ2n) is 17.2. The standard InChI is InChI=1S/C59H36N4O2/c1-3-18-36(19-4-1)48-34-49(37-20-5-2-6-21-37)61-56(60-48)58-35-38-22-7-10-27-43(38)59(46-30-13-11-28-44(46)58,47-31-14-12-29-45(47)58)57-62-53(52-41-24-9-16-33-51(41)65-55(52)63-57)42-26-17-25-40-39-23-8-15-32-50(39)64-54(40)42/h1-34H,35H2. The zero-order valence-corrected chi connectivity index (χ0v) is 34.9. The van der Waals surface area contributed by atoms with E-state index in [1.54, 1.807) is 0 Å². The van der Waals surface area contributed by atoms with Gasteiger partial charge >= 0.3 is 0 Å². The number of para-hydroxylation sites is 3. The molecular formula is C59H36N4O2. The smallest absolute Gasteiger partial charge is 0.231 e. The minimum Gasteiger partial charge on any atom is -0.455 e. The summed E-state index contributed by atoms with van der Waals surface area (Å²) in [6.45, 7) is 0. The maximum Gasteiger partial charge on any atom is 0.231 e. The molecule has 0 amide bonds. The highest BCUT2D eigenvalue weighted by Gasteiger charge is 2.59. The molecule has 0 saturated heterocycles. The Kier molecular flexibility index (Phi) is 7.49. The Labute approximate surface area is 373 Å². The molecule has 0 atom stereocenters. The van der Waals surface area contributed by atoms with E-state index < -0.39 is 10.8 Å². The summed E-state index contributed by atoms with van der Waals surface area (Å²) in [5.41, 5.74) is 13.2. The van der Waals surface area contributed by atoms with Gasteiger partial charge in [0.15, 0.2) is 5.82 Å². The highest BCUT2D eigenvalue weighted by atomic mass is 16.3. The van der Waals surface area contributed by atoms with E-state index in [0.29, 0.717) is 18.0 Å². The van der Waals surface area contributed by atoms with Gasteiger partial charge in [-0.15, -0.1) is 0 Å². The maximum atomic E-state index is 6.81. The summed E-state index contributed by atoms with van der Waals surface area (Å²) in [7, 11) is 0. The van der Waals surface area contributed by atoms with E-state index in [-0.39, 0.29) is 0 Å². The summed E-state index contributed by atoms with van der Waals surface area (Å²) in [4.78, 5) is 22.8. The summed E-state index contributed by atoms with van der Waals surface area (Å²) in [5.74, 6) is 1.37. The van der Waals surface area contributed by atoms with Crippen LogP contribution < -0.4 is 0 Å². The van der Waals surface area contributed by atoms with Crippen molar-refractivity contribution in [2.24, 2.45) is 0 Å². The molecule has 0 radical (unpaired) electrons. The average molecular weight is 833 g/mol. The first-order valence-electron chi connectivity index (χ1n) is 22.1. The van der Waals surface area contributed by atoms with E-state index in [9.17, 15) is 0 Å². The van der Waals surface area contributed by atoms with Crippen molar-refractivity contribution in [1.82, 2.24) is 19.9 Å². The summed E-state index contributed by atoms with van der Waals surface area (Å²) < 4.78 is 13.6. The SMILES string of the molecule is c1ccc(-c2cc(-c3ccccc3)nc(C34Cc5ccccc5C(c5nc(-c6cccc7c6oc6ccccc67)c6c(n5)oc5ccccc56)(c5ccccc53)c3ccccc34)n2)cc1. The lowest BCUT2D eigenvalue weighted by Gasteiger charge is -2.45. The van der Waals surface area contributed by atoms with E-state index in [2.05, 4.69) is 164 Å². The molecule has 8 aromatic carbocycles. The quantitative estimate of drug-likeness (QED) is 0.172. The van der Waals surface area contributed by atoms with Gasteiger partial charge in [0.1, 0.15) is 28.0 Å². The zero-order valence-electron chi connectivity index (χ0n) is 34.9. The largest absolute Gasteiger partial charge is 0.455 e. The molecule has 3 aliphatic carbocycles. The number of benzene rings is 8. The van der Waals surface area contributed by atoms with Crippen molar-refractivity contribution in [1.29, 1.82) is 0 Å². The van der Waals surface area contributed by atoms with Crippen molar-refractivity contribution < 1.29 is 8.83 Å². The van der Waals surface area contributed by atoms with E-state index in [1.807, 2.05) is 42.5 Å². The molecule has 0 unspecified atom stereocenters. The third-order valence-corrected chi connectivity index (χ3v) is 13.9. The van der Waals surface area contributed by atoms with Crippen LogP contribution in [0.2, 0.25) is 0 Å². The highest BCUT2D eigenvalue weighted by Crippen LogP contribution is 2.62.